The van der Waals surface area contributed by atoms with E-state index in [2.05, 4.69) is 5.32 Å². The second-order valence-corrected chi connectivity index (χ2v) is 4.55. The number of halogens is 3. The Morgan fingerprint density at radius 3 is 2.67 bits per heavy atom. The predicted molar refractivity (Wildman–Crippen MR) is 62.2 cm³/mol. The summed E-state index contributed by atoms with van der Waals surface area (Å²) in [5.74, 6) is -0.829. The van der Waals surface area contributed by atoms with E-state index in [9.17, 15) is 18.3 Å². The van der Waals surface area contributed by atoms with Crippen LogP contribution in [0.3, 0.4) is 0 Å². The summed E-state index contributed by atoms with van der Waals surface area (Å²) in [6.45, 7) is 1.23. The Morgan fingerprint density at radius 2 is 2.17 bits per heavy atom. The summed E-state index contributed by atoms with van der Waals surface area (Å²) in [5, 5.41) is 12.9. The van der Waals surface area contributed by atoms with Gasteiger partial charge in [-0.3, -0.25) is 0 Å². The first-order chi connectivity index (χ1) is 8.42. The van der Waals surface area contributed by atoms with E-state index in [0.29, 0.717) is 32.4 Å². The number of piperidine rings is 1. The maximum atomic E-state index is 13.0. The lowest BCUT2D eigenvalue weighted by Gasteiger charge is -2.37. The van der Waals surface area contributed by atoms with Crippen LogP contribution in [0.25, 0.3) is 0 Å². The third-order valence-electron chi connectivity index (χ3n) is 3.23. The maximum Gasteiger partial charge on any atom is 0.421 e. The van der Waals surface area contributed by atoms with Crippen molar-refractivity contribution in [1.82, 2.24) is 5.32 Å². The summed E-state index contributed by atoms with van der Waals surface area (Å²) in [5.41, 5.74) is -2.74. The van der Waals surface area contributed by atoms with Crippen molar-refractivity contribution in [1.29, 1.82) is 0 Å². The van der Waals surface area contributed by atoms with E-state index in [0.717, 1.165) is 6.08 Å². The van der Waals surface area contributed by atoms with Crippen molar-refractivity contribution in [2.24, 2.45) is 5.92 Å². The minimum atomic E-state index is -4.65. The third kappa shape index (κ3) is 3.70. The van der Waals surface area contributed by atoms with Gasteiger partial charge in [0.1, 0.15) is 0 Å². The molecule has 0 aromatic carbocycles. The van der Waals surface area contributed by atoms with Crippen molar-refractivity contribution >= 4 is 0 Å². The second-order valence-electron chi connectivity index (χ2n) is 4.55. The van der Waals surface area contributed by atoms with Gasteiger partial charge < -0.3 is 15.2 Å². The number of methoxy groups -OCH3 is 1. The fourth-order valence-electron chi connectivity index (χ4n) is 2.14. The van der Waals surface area contributed by atoms with Crippen LogP contribution in [0.2, 0.25) is 0 Å². The maximum absolute atomic E-state index is 13.0. The number of alkyl halides is 3. The lowest BCUT2D eigenvalue weighted by molar-refractivity contribution is -0.259. The van der Waals surface area contributed by atoms with Crippen LogP contribution >= 0.6 is 0 Å². The highest BCUT2D eigenvalue weighted by atomic mass is 19.4. The van der Waals surface area contributed by atoms with E-state index >= 15 is 0 Å². The molecule has 1 aliphatic heterocycles. The first-order valence-corrected chi connectivity index (χ1v) is 6.08. The standard InChI is InChI=1S/C12H20F3NO2/c1-18-8-3-2-6-11(17,12(13,14)15)10-5-4-7-16-9-10/h2,6,10,16-17H,3-5,7-9H2,1H3/b6-2+. The molecular weight excluding hydrogens is 247 g/mol. The molecule has 0 aromatic heterocycles. The van der Waals surface area contributed by atoms with Crippen molar-refractivity contribution in [3.05, 3.63) is 12.2 Å². The molecule has 2 atom stereocenters. The molecule has 0 aromatic rings. The molecule has 18 heavy (non-hydrogen) atoms. The number of nitrogens with one attached hydrogen (secondary N) is 1. The van der Waals surface area contributed by atoms with Crippen LogP contribution in [-0.4, -0.2) is 43.7 Å². The third-order valence-corrected chi connectivity index (χ3v) is 3.23. The molecule has 106 valence electrons. The van der Waals surface area contributed by atoms with E-state index in [1.54, 1.807) is 0 Å². The Hall–Kier alpha value is -0.590. The highest BCUT2D eigenvalue weighted by Gasteiger charge is 2.56. The van der Waals surface area contributed by atoms with Crippen molar-refractivity contribution in [3.63, 3.8) is 0 Å². The van der Waals surface area contributed by atoms with Crippen molar-refractivity contribution in [3.8, 4) is 0 Å². The van der Waals surface area contributed by atoms with Crippen LogP contribution in [0.4, 0.5) is 13.2 Å². The quantitative estimate of drug-likeness (QED) is 0.590. The van der Waals surface area contributed by atoms with Crippen LogP contribution in [0.15, 0.2) is 12.2 Å². The fraction of sp³-hybridized carbons (Fsp3) is 0.833. The van der Waals surface area contributed by atoms with Crippen LogP contribution < -0.4 is 5.32 Å². The first kappa shape index (κ1) is 15.5. The number of rotatable bonds is 5. The summed E-state index contributed by atoms with van der Waals surface area (Å²) in [6.07, 6.45) is -1.06. The molecule has 0 spiro atoms. The zero-order valence-corrected chi connectivity index (χ0v) is 10.5. The summed E-state index contributed by atoms with van der Waals surface area (Å²) >= 11 is 0. The Bertz CT molecular complexity index is 275. The van der Waals surface area contributed by atoms with E-state index in [4.69, 9.17) is 4.74 Å². The summed E-state index contributed by atoms with van der Waals surface area (Å²) in [6, 6.07) is 0. The van der Waals surface area contributed by atoms with E-state index in [1.807, 2.05) is 0 Å². The molecule has 0 bridgehead atoms. The SMILES string of the molecule is COCC/C=C/C(O)(C1CCCNC1)C(F)(F)F. The number of aliphatic hydroxyl groups is 1. The van der Waals surface area contributed by atoms with Gasteiger partial charge in [0.2, 0.25) is 0 Å². The largest absolute Gasteiger partial charge is 0.421 e. The zero-order chi connectivity index (χ0) is 13.6. The molecular formula is C12H20F3NO2. The smallest absolute Gasteiger partial charge is 0.384 e. The monoisotopic (exact) mass is 267 g/mol. The molecule has 0 radical (unpaired) electrons. The van der Waals surface area contributed by atoms with Crippen LogP contribution in [-0.2, 0) is 4.74 Å². The van der Waals surface area contributed by atoms with Crippen LogP contribution in [0.5, 0.6) is 0 Å². The lowest BCUT2D eigenvalue weighted by Crippen LogP contribution is -2.54. The molecule has 1 fully saturated rings. The van der Waals surface area contributed by atoms with Gasteiger partial charge in [0.05, 0.1) is 0 Å². The van der Waals surface area contributed by atoms with Gasteiger partial charge in [-0.25, -0.2) is 0 Å². The Labute approximate surface area is 105 Å². The summed E-state index contributed by atoms with van der Waals surface area (Å²) in [4.78, 5) is 0. The molecule has 2 unspecified atom stereocenters. The summed E-state index contributed by atoms with van der Waals surface area (Å²) in [7, 11) is 1.48. The van der Waals surface area contributed by atoms with Crippen LogP contribution in [0.1, 0.15) is 19.3 Å². The lowest BCUT2D eigenvalue weighted by atomic mass is 9.81. The van der Waals surface area contributed by atoms with Gasteiger partial charge in [-0.05, 0) is 31.9 Å². The van der Waals surface area contributed by atoms with Gasteiger partial charge in [-0.2, -0.15) is 13.2 Å². The Balaban J connectivity index is 2.77. The molecule has 2 N–H and O–H groups in total. The molecule has 3 nitrogen and oxygen atoms in total. The number of hydrogen-bond donors (Lipinski definition) is 2. The fourth-order valence-corrected chi connectivity index (χ4v) is 2.14. The van der Waals surface area contributed by atoms with E-state index in [-0.39, 0.29) is 6.54 Å². The minimum Gasteiger partial charge on any atom is -0.384 e. The molecule has 0 amide bonds. The minimum absolute atomic E-state index is 0.185. The highest BCUT2D eigenvalue weighted by Crippen LogP contribution is 2.40. The number of hydrogen-bond acceptors (Lipinski definition) is 3. The van der Waals surface area contributed by atoms with Gasteiger partial charge in [-0.15, -0.1) is 0 Å². The molecule has 1 rings (SSSR count). The average Bonchev–Trinajstić information content (AvgIpc) is 2.34. The first-order valence-electron chi connectivity index (χ1n) is 6.08. The van der Waals surface area contributed by atoms with Gasteiger partial charge in [0.15, 0.2) is 5.60 Å². The Morgan fingerprint density at radius 1 is 1.44 bits per heavy atom. The van der Waals surface area contributed by atoms with Gasteiger partial charge in [0, 0.05) is 26.2 Å². The van der Waals surface area contributed by atoms with Gasteiger partial charge >= 0.3 is 6.18 Å². The molecule has 0 aliphatic carbocycles. The predicted octanol–water partition coefficient (Wildman–Crippen LogP) is 1.87. The number of ether oxygens (including phenoxy) is 1. The highest BCUT2D eigenvalue weighted by molar-refractivity contribution is 5.10. The van der Waals surface area contributed by atoms with E-state index in [1.165, 1.54) is 13.2 Å². The van der Waals surface area contributed by atoms with Crippen LogP contribution in [0, 0.1) is 5.92 Å². The summed E-state index contributed by atoms with van der Waals surface area (Å²) < 4.78 is 43.9. The molecule has 0 saturated carbocycles. The van der Waals surface area contributed by atoms with Crippen molar-refractivity contribution < 1.29 is 23.0 Å². The van der Waals surface area contributed by atoms with E-state index < -0.39 is 17.7 Å². The Kier molecular flexibility index (Phi) is 5.62. The average molecular weight is 267 g/mol. The zero-order valence-electron chi connectivity index (χ0n) is 10.5. The van der Waals surface area contributed by atoms with Gasteiger partial charge in [-0.1, -0.05) is 6.08 Å². The topological polar surface area (TPSA) is 41.5 Å². The van der Waals surface area contributed by atoms with Crippen molar-refractivity contribution in [2.45, 2.75) is 31.0 Å². The van der Waals surface area contributed by atoms with Crippen molar-refractivity contribution in [2.75, 3.05) is 26.8 Å². The second kappa shape index (κ2) is 6.54. The molecule has 6 heteroatoms. The van der Waals surface area contributed by atoms with Gasteiger partial charge in [0.25, 0.3) is 0 Å². The molecule has 1 aliphatic rings. The normalized spacial score (nSPS) is 25.3. The molecule has 1 saturated heterocycles. The molecule has 1 heterocycles.